The first-order valence-electron chi connectivity index (χ1n) is 6.35. The molecule has 0 radical (unpaired) electrons. The largest absolute Gasteiger partial charge is 0.347 e. The van der Waals surface area contributed by atoms with Crippen molar-refractivity contribution in [1.82, 2.24) is 5.43 Å². The lowest BCUT2D eigenvalue weighted by atomic mass is 10.1. The predicted octanol–water partition coefficient (Wildman–Crippen LogP) is 2.28. The minimum atomic E-state index is -0.824. The van der Waals surface area contributed by atoms with Crippen LogP contribution in [0.25, 0.3) is 0 Å². The molecule has 1 aliphatic rings. The van der Waals surface area contributed by atoms with Crippen molar-refractivity contribution in [3.63, 3.8) is 0 Å². The number of hydrogen-bond donors (Lipinski definition) is 1. The molecule has 1 fully saturated rings. The molecule has 0 saturated carbocycles. The van der Waals surface area contributed by atoms with Gasteiger partial charge in [0.2, 0.25) is 5.91 Å². The molecular formula is C14H17IN2O3. The van der Waals surface area contributed by atoms with Gasteiger partial charge < -0.3 is 9.47 Å². The van der Waals surface area contributed by atoms with E-state index >= 15 is 0 Å². The number of hydrogen-bond acceptors (Lipinski definition) is 4. The van der Waals surface area contributed by atoms with Gasteiger partial charge in [0.05, 0.1) is 25.3 Å². The van der Waals surface area contributed by atoms with E-state index in [9.17, 15) is 4.79 Å². The van der Waals surface area contributed by atoms with Crippen LogP contribution < -0.4 is 5.43 Å². The molecule has 5 nitrogen and oxygen atoms in total. The summed E-state index contributed by atoms with van der Waals surface area (Å²) in [6.07, 6.45) is 0.135. The molecule has 1 aromatic carbocycles. The maximum absolute atomic E-state index is 11.8. The van der Waals surface area contributed by atoms with Gasteiger partial charge >= 0.3 is 0 Å². The summed E-state index contributed by atoms with van der Waals surface area (Å²) in [4.78, 5) is 11.8. The molecule has 2 rings (SSSR count). The Morgan fingerprint density at radius 1 is 1.45 bits per heavy atom. The molecule has 1 saturated heterocycles. The normalized spacial score (nSPS) is 18.1. The fourth-order valence-corrected chi connectivity index (χ4v) is 2.46. The zero-order valence-corrected chi connectivity index (χ0v) is 13.6. The van der Waals surface area contributed by atoms with Gasteiger partial charge in [-0.2, -0.15) is 5.10 Å². The first kappa shape index (κ1) is 15.4. The third kappa shape index (κ3) is 4.26. The number of nitrogens with one attached hydrogen (secondary N) is 1. The molecule has 1 amide bonds. The first-order chi connectivity index (χ1) is 9.48. The van der Waals surface area contributed by atoms with Gasteiger partial charge in [0.25, 0.3) is 0 Å². The lowest BCUT2D eigenvalue weighted by Crippen LogP contribution is -2.33. The summed E-state index contributed by atoms with van der Waals surface area (Å²) in [5.74, 6) is -1.05. The molecule has 0 spiro atoms. The van der Waals surface area contributed by atoms with Gasteiger partial charge in [0, 0.05) is 3.57 Å². The van der Waals surface area contributed by atoms with E-state index in [0.29, 0.717) is 13.2 Å². The predicted molar refractivity (Wildman–Crippen MR) is 84.4 cm³/mol. The van der Waals surface area contributed by atoms with Crippen LogP contribution in [-0.2, 0) is 14.3 Å². The molecule has 1 heterocycles. The summed E-state index contributed by atoms with van der Waals surface area (Å²) in [5, 5.41) is 4.11. The van der Waals surface area contributed by atoms with Gasteiger partial charge in [-0.05, 0) is 54.1 Å². The average Bonchev–Trinajstić information content (AvgIpc) is 2.82. The minimum Gasteiger partial charge on any atom is -0.347 e. The molecule has 20 heavy (non-hydrogen) atoms. The summed E-state index contributed by atoms with van der Waals surface area (Å²) in [7, 11) is 0. The van der Waals surface area contributed by atoms with Gasteiger partial charge in [-0.1, -0.05) is 12.1 Å². The van der Waals surface area contributed by atoms with E-state index in [1.54, 1.807) is 6.92 Å². The number of benzene rings is 1. The van der Waals surface area contributed by atoms with E-state index in [2.05, 4.69) is 33.1 Å². The Kier molecular flexibility index (Phi) is 5.11. The van der Waals surface area contributed by atoms with E-state index in [4.69, 9.17) is 9.47 Å². The van der Waals surface area contributed by atoms with E-state index in [1.807, 2.05) is 31.2 Å². The minimum absolute atomic E-state index is 0.135. The fraction of sp³-hybridized carbons (Fsp3) is 0.429. The lowest BCUT2D eigenvalue weighted by Gasteiger charge is -2.20. The third-order valence-corrected chi connectivity index (χ3v) is 3.64. The Morgan fingerprint density at radius 2 is 2.15 bits per heavy atom. The van der Waals surface area contributed by atoms with Crippen molar-refractivity contribution in [3.8, 4) is 0 Å². The van der Waals surface area contributed by atoms with Gasteiger partial charge in [0.15, 0.2) is 5.79 Å². The molecule has 0 bridgehead atoms. The van der Waals surface area contributed by atoms with Crippen LogP contribution in [0.1, 0.15) is 25.8 Å². The van der Waals surface area contributed by atoms with Crippen molar-refractivity contribution in [2.45, 2.75) is 26.1 Å². The van der Waals surface area contributed by atoms with Gasteiger partial charge in [0.1, 0.15) is 0 Å². The third-order valence-electron chi connectivity index (χ3n) is 2.97. The Balaban J connectivity index is 1.93. The Morgan fingerprint density at radius 3 is 2.80 bits per heavy atom. The molecule has 0 aliphatic carbocycles. The standard InChI is InChI=1S/C14H17IN2O3/c1-10(11-4-3-5-12(15)8-11)16-17-13(18)9-14(2)19-6-7-20-14/h3-5,8H,6-7,9H2,1-2H3,(H,17,18). The topological polar surface area (TPSA) is 59.9 Å². The zero-order valence-electron chi connectivity index (χ0n) is 11.5. The summed E-state index contributed by atoms with van der Waals surface area (Å²) >= 11 is 2.24. The average molecular weight is 388 g/mol. The molecule has 108 valence electrons. The highest BCUT2D eigenvalue weighted by Gasteiger charge is 2.33. The van der Waals surface area contributed by atoms with Crippen LogP contribution in [0.15, 0.2) is 29.4 Å². The smallest absolute Gasteiger partial charge is 0.245 e. The van der Waals surface area contributed by atoms with Crippen molar-refractivity contribution in [2.75, 3.05) is 13.2 Å². The summed E-state index contributed by atoms with van der Waals surface area (Å²) in [6, 6.07) is 7.93. The van der Waals surface area contributed by atoms with Crippen LogP contribution in [0.3, 0.4) is 0 Å². The molecule has 6 heteroatoms. The van der Waals surface area contributed by atoms with Crippen LogP contribution in [0.2, 0.25) is 0 Å². The number of ether oxygens (including phenoxy) is 2. The number of carbonyl (C=O) groups excluding carboxylic acids is 1. The number of amides is 1. The Bertz CT molecular complexity index is 525. The zero-order chi connectivity index (χ0) is 14.6. The van der Waals surface area contributed by atoms with Crippen molar-refractivity contribution in [1.29, 1.82) is 0 Å². The maximum Gasteiger partial charge on any atom is 0.245 e. The fourth-order valence-electron chi connectivity index (χ4n) is 1.91. The number of hydrazone groups is 1. The van der Waals surface area contributed by atoms with Crippen LogP contribution in [-0.4, -0.2) is 30.6 Å². The monoisotopic (exact) mass is 388 g/mol. The maximum atomic E-state index is 11.8. The number of rotatable bonds is 4. The molecule has 1 N–H and O–H groups in total. The van der Waals surface area contributed by atoms with Gasteiger partial charge in [-0.15, -0.1) is 0 Å². The van der Waals surface area contributed by atoms with Gasteiger partial charge in [-0.25, -0.2) is 5.43 Å². The van der Waals surface area contributed by atoms with Crippen molar-refractivity contribution in [3.05, 3.63) is 33.4 Å². The van der Waals surface area contributed by atoms with Crippen LogP contribution >= 0.6 is 22.6 Å². The Labute approximate surface area is 131 Å². The molecular weight excluding hydrogens is 371 g/mol. The number of carbonyl (C=O) groups is 1. The van der Waals surface area contributed by atoms with E-state index in [-0.39, 0.29) is 12.3 Å². The summed E-state index contributed by atoms with van der Waals surface area (Å²) < 4.78 is 11.9. The summed E-state index contributed by atoms with van der Waals surface area (Å²) in [5.41, 5.74) is 4.28. The molecule has 1 aromatic rings. The van der Waals surface area contributed by atoms with E-state index in [1.165, 1.54) is 0 Å². The lowest BCUT2D eigenvalue weighted by molar-refractivity contribution is -0.159. The van der Waals surface area contributed by atoms with E-state index in [0.717, 1.165) is 14.8 Å². The molecule has 0 aromatic heterocycles. The highest BCUT2D eigenvalue weighted by molar-refractivity contribution is 14.1. The quantitative estimate of drug-likeness (QED) is 0.489. The highest BCUT2D eigenvalue weighted by atomic mass is 127. The molecule has 0 atom stereocenters. The van der Waals surface area contributed by atoms with Crippen molar-refractivity contribution in [2.24, 2.45) is 5.10 Å². The summed E-state index contributed by atoms with van der Waals surface area (Å²) in [6.45, 7) is 4.66. The second-order valence-electron chi connectivity index (χ2n) is 4.75. The first-order valence-corrected chi connectivity index (χ1v) is 7.43. The second-order valence-corrected chi connectivity index (χ2v) is 6.00. The Hall–Kier alpha value is -0.990. The van der Waals surface area contributed by atoms with E-state index < -0.39 is 5.79 Å². The van der Waals surface area contributed by atoms with Crippen LogP contribution in [0.4, 0.5) is 0 Å². The highest BCUT2D eigenvalue weighted by Crippen LogP contribution is 2.22. The molecule has 1 aliphatic heterocycles. The number of halogens is 1. The number of nitrogens with zero attached hydrogens (tertiary/aromatic N) is 1. The van der Waals surface area contributed by atoms with Crippen molar-refractivity contribution >= 4 is 34.2 Å². The van der Waals surface area contributed by atoms with Crippen molar-refractivity contribution < 1.29 is 14.3 Å². The van der Waals surface area contributed by atoms with Gasteiger partial charge in [-0.3, -0.25) is 4.79 Å². The second kappa shape index (κ2) is 6.64. The van der Waals surface area contributed by atoms with Crippen LogP contribution in [0.5, 0.6) is 0 Å². The molecule has 0 unspecified atom stereocenters. The SMILES string of the molecule is CC(=NNC(=O)CC1(C)OCCO1)c1cccc(I)c1. The van der Waals surface area contributed by atoms with Crippen LogP contribution in [0, 0.1) is 3.57 Å².